The van der Waals surface area contributed by atoms with Gasteiger partial charge in [-0.2, -0.15) is 0 Å². The number of hydrogen-bond acceptors (Lipinski definition) is 2. The Balaban J connectivity index is 1.92. The van der Waals surface area contributed by atoms with E-state index in [2.05, 4.69) is 31.5 Å². The number of urea groups is 1. The quantitative estimate of drug-likeness (QED) is 0.897. The number of benzene rings is 1. The minimum Gasteiger partial charge on any atom is -0.332 e. The molecule has 0 aliphatic heterocycles. The number of aryl methyl sites for hydroxylation is 2. The average molecular weight is 334 g/mol. The number of anilines is 1. The zero-order valence-electron chi connectivity index (χ0n) is 11.4. The minimum absolute atomic E-state index is 0.237. The summed E-state index contributed by atoms with van der Waals surface area (Å²) in [6, 6.07) is 11.2. The summed E-state index contributed by atoms with van der Waals surface area (Å²) in [5.74, 6) is 0. The van der Waals surface area contributed by atoms with E-state index in [0.717, 1.165) is 27.1 Å². The molecule has 0 aliphatic rings. The average Bonchev–Trinajstić information content (AvgIpc) is 2.40. The van der Waals surface area contributed by atoms with Crippen molar-refractivity contribution in [3.05, 3.63) is 57.8 Å². The molecule has 0 saturated carbocycles. The molecule has 20 heavy (non-hydrogen) atoms. The van der Waals surface area contributed by atoms with Crippen LogP contribution in [-0.4, -0.2) is 11.0 Å². The molecule has 104 valence electrons. The van der Waals surface area contributed by atoms with Crippen molar-refractivity contribution < 1.29 is 4.79 Å². The maximum Gasteiger partial charge on any atom is 0.319 e. The van der Waals surface area contributed by atoms with Crippen LogP contribution in [0.4, 0.5) is 10.5 Å². The lowest BCUT2D eigenvalue weighted by molar-refractivity contribution is 0.251. The van der Waals surface area contributed by atoms with Gasteiger partial charge in [0.25, 0.3) is 0 Å². The van der Waals surface area contributed by atoms with E-state index in [4.69, 9.17) is 0 Å². The van der Waals surface area contributed by atoms with Gasteiger partial charge in [-0.1, -0.05) is 22.0 Å². The first-order chi connectivity index (χ1) is 9.54. The van der Waals surface area contributed by atoms with E-state index in [1.807, 2.05) is 50.2 Å². The highest BCUT2D eigenvalue weighted by atomic mass is 79.9. The van der Waals surface area contributed by atoms with Crippen LogP contribution in [0.1, 0.15) is 17.0 Å². The van der Waals surface area contributed by atoms with Crippen molar-refractivity contribution in [1.82, 2.24) is 10.3 Å². The fourth-order valence-corrected chi connectivity index (χ4v) is 2.28. The van der Waals surface area contributed by atoms with Gasteiger partial charge in [-0.3, -0.25) is 4.98 Å². The Morgan fingerprint density at radius 1 is 1.25 bits per heavy atom. The number of aromatic nitrogens is 1. The molecule has 5 heteroatoms. The van der Waals surface area contributed by atoms with Gasteiger partial charge in [0, 0.05) is 15.9 Å². The van der Waals surface area contributed by atoms with E-state index >= 15 is 0 Å². The fourth-order valence-electron chi connectivity index (χ4n) is 1.80. The molecule has 0 radical (unpaired) electrons. The highest BCUT2D eigenvalue weighted by Gasteiger charge is 2.05. The molecule has 0 bridgehead atoms. The molecule has 2 N–H and O–H groups in total. The monoisotopic (exact) mass is 333 g/mol. The number of halogens is 1. The number of pyridine rings is 1. The third-order valence-corrected chi connectivity index (χ3v) is 3.31. The molecule has 1 aromatic carbocycles. The predicted octanol–water partition coefficient (Wildman–Crippen LogP) is 3.78. The first-order valence-electron chi connectivity index (χ1n) is 6.28. The third kappa shape index (κ3) is 4.06. The van der Waals surface area contributed by atoms with Gasteiger partial charge in [0.1, 0.15) is 0 Å². The van der Waals surface area contributed by atoms with E-state index in [1.165, 1.54) is 0 Å². The SMILES string of the molecule is Cc1cccc(CNC(=O)Nc2ccc(Br)cc2C)n1. The minimum atomic E-state index is -0.237. The van der Waals surface area contributed by atoms with Crippen molar-refractivity contribution in [1.29, 1.82) is 0 Å². The molecule has 0 unspecified atom stereocenters. The summed E-state index contributed by atoms with van der Waals surface area (Å²) in [6.07, 6.45) is 0. The Kier molecular flexibility index (Phi) is 4.74. The van der Waals surface area contributed by atoms with Gasteiger partial charge in [-0.05, 0) is 49.7 Å². The zero-order valence-corrected chi connectivity index (χ0v) is 13.0. The van der Waals surface area contributed by atoms with Gasteiger partial charge < -0.3 is 10.6 Å². The lowest BCUT2D eigenvalue weighted by Gasteiger charge is -2.10. The van der Waals surface area contributed by atoms with Crippen LogP contribution in [-0.2, 0) is 6.54 Å². The van der Waals surface area contributed by atoms with Crippen LogP contribution in [0.15, 0.2) is 40.9 Å². The van der Waals surface area contributed by atoms with Crippen LogP contribution in [0.5, 0.6) is 0 Å². The van der Waals surface area contributed by atoms with Gasteiger partial charge in [0.2, 0.25) is 0 Å². The number of carbonyl (C=O) groups is 1. The fraction of sp³-hybridized carbons (Fsp3) is 0.200. The lowest BCUT2D eigenvalue weighted by Crippen LogP contribution is -2.28. The second-order valence-electron chi connectivity index (χ2n) is 4.54. The Morgan fingerprint density at radius 3 is 2.75 bits per heavy atom. The Morgan fingerprint density at radius 2 is 2.05 bits per heavy atom. The maximum atomic E-state index is 11.8. The first kappa shape index (κ1) is 14.5. The summed E-state index contributed by atoms with van der Waals surface area (Å²) in [4.78, 5) is 16.2. The molecular weight excluding hydrogens is 318 g/mol. The zero-order chi connectivity index (χ0) is 14.5. The Bertz CT molecular complexity index is 628. The second-order valence-corrected chi connectivity index (χ2v) is 5.45. The number of nitrogens with one attached hydrogen (secondary N) is 2. The van der Waals surface area contributed by atoms with E-state index < -0.39 is 0 Å². The molecule has 0 atom stereocenters. The van der Waals surface area contributed by atoms with Crippen molar-refractivity contribution in [2.24, 2.45) is 0 Å². The van der Waals surface area contributed by atoms with Gasteiger partial charge in [0.15, 0.2) is 0 Å². The molecule has 1 aromatic heterocycles. The Hall–Kier alpha value is -1.88. The summed E-state index contributed by atoms with van der Waals surface area (Å²) < 4.78 is 0.991. The van der Waals surface area contributed by atoms with Crippen LogP contribution in [0.2, 0.25) is 0 Å². The van der Waals surface area contributed by atoms with Crippen molar-refractivity contribution in [2.45, 2.75) is 20.4 Å². The largest absolute Gasteiger partial charge is 0.332 e. The lowest BCUT2D eigenvalue weighted by atomic mass is 10.2. The Labute approximate surface area is 126 Å². The van der Waals surface area contributed by atoms with Crippen molar-refractivity contribution in [3.63, 3.8) is 0 Å². The predicted molar refractivity (Wildman–Crippen MR) is 83.7 cm³/mol. The van der Waals surface area contributed by atoms with Gasteiger partial charge >= 0.3 is 6.03 Å². The van der Waals surface area contributed by atoms with Gasteiger partial charge in [-0.25, -0.2) is 4.79 Å². The third-order valence-electron chi connectivity index (χ3n) is 2.81. The molecule has 4 nitrogen and oxygen atoms in total. The van der Waals surface area contributed by atoms with Crippen LogP contribution in [0, 0.1) is 13.8 Å². The highest BCUT2D eigenvalue weighted by Crippen LogP contribution is 2.19. The molecular formula is C15H16BrN3O. The topological polar surface area (TPSA) is 54.0 Å². The summed E-state index contributed by atoms with van der Waals surface area (Å²) in [5.41, 5.74) is 3.58. The summed E-state index contributed by atoms with van der Waals surface area (Å²) in [7, 11) is 0. The van der Waals surface area contributed by atoms with Crippen LogP contribution >= 0.6 is 15.9 Å². The van der Waals surface area contributed by atoms with E-state index in [1.54, 1.807) is 0 Å². The van der Waals surface area contributed by atoms with E-state index in [0.29, 0.717) is 6.54 Å². The number of rotatable bonds is 3. The van der Waals surface area contributed by atoms with E-state index in [9.17, 15) is 4.79 Å². The maximum absolute atomic E-state index is 11.8. The smallest absolute Gasteiger partial charge is 0.319 e. The molecule has 0 saturated heterocycles. The van der Waals surface area contributed by atoms with Crippen molar-refractivity contribution in [2.75, 3.05) is 5.32 Å². The van der Waals surface area contributed by atoms with Crippen molar-refractivity contribution in [3.8, 4) is 0 Å². The van der Waals surface area contributed by atoms with Gasteiger partial charge in [-0.15, -0.1) is 0 Å². The standard InChI is InChI=1S/C15H16BrN3O/c1-10-8-12(16)6-7-14(10)19-15(20)17-9-13-5-3-4-11(2)18-13/h3-8H,9H2,1-2H3,(H2,17,19,20). The molecule has 2 amide bonds. The summed E-state index contributed by atoms with van der Waals surface area (Å²) >= 11 is 3.39. The van der Waals surface area contributed by atoms with Crippen LogP contribution < -0.4 is 10.6 Å². The summed E-state index contributed by atoms with van der Waals surface area (Å²) in [6.45, 7) is 4.28. The second kappa shape index (κ2) is 6.52. The van der Waals surface area contributed by atoms with Crippen molar-refractivity contribution >= 4 is 27.6 Å². The highest BCUT2D eigenvalue weighted by molar-refractivity contribution is 9.10. The molecule has 0 aliphatic carbocycles. The molecule has 1 heterocycles. The normalized spacial score (nSPS) is 10.2. The van der Waals surface area contributed by atoms with Gasteiger partial charge in [0.05, 0.1) is 12.2 Å². The molecule has 2 aromatic rings. The number of amides is 2. The van der Waals surface area contributed by atoms with Crippen LogP contribution in [0.25, 0.3) is 0 Å². The number of hydrogen-bond donors (Lipinski definition) is 2. The molecule has 0 fully saturated rings. The molecule has 0 spiro atoms. The van der Waals surface area contributed by atoms with Crippen LogP contribution in [0.3, 0.4) is 0 Å². The van der Waals surface area contributed by atoms with E-state index in [-0.39, 0.29) is 6.03 Å². The number of carbonyl (C=O) groups excluding carboxylic acids is 1. The summed E-state index contributed by atoms with van der Waals surface area (Å²) in [5, 5.41) is 5.62. The number of nitrogens with zero attached hydrogens (tertiary/aromatic N) is 1. The first-order valence-corrected chi connectivity index (χ1v) is 7.07. The molecule has 2 rings (SSSR count).